The molecule has 6 heteroatoms. The predicted molar refractivity (Wildman–Crippen MR) is 94.4 cm³/mol. The molecule has 2 fully saturated rings. The summed E-state index contributed by atoms with van der Waals surface area (Å²) in [6, 6.07) is 4.95. The van der Waals surface area contributed by atoms with Crippen molar-refractivity contribution in [3.8, 4) is 0 Å². The maximum atomic E-state index is 13.5. The summed E-state index contributed by atoms with van der Waals surface area (Å²) in [4.78, 5) is 14.2. The zero-order chi connectivity index (χ0) is 18.5. The summed E-state index contributed by atoms with van der Waals surface area (Å²) in [7, 11) is 1.67. The van der Waals surface area contributed by atoms with E-state index in [1.165, 1.54) is 6.07 Å². The van der Waals surface area contributed by atoms with Crippen molar-refractivity contribution in [2.45, 2.75) is 44.6 Å². The number of likely N-dealkylation sites (tertiary alicyclic amines) is 1. The van der Waals surface area contributed by atoms with Crippen molar-refractivity contribution in [2.75, 3.05) is 26.8 Å². The van der Waals surface area contributed by atoms with E-state index >= 15 is 0 Å². The molecule has 1 heterocycles. The maximum Gasteiger partial charge on any atom is 0.410 e. The third-order valence-corrected chi connectivity index (χ3v) is 5.67. The molecule has 2 atom stereocenters. The fourth-order valence-electron chi connectivity index (χ4n) is 4.20. The molecule has 1 saturated carbocycles. The SMILES string of the molecule is COCC12CN(C(=O)OC(C)(C)C)CCC1(c1ccc(F)c(Cl)c1)C2. The molecule has 0 aromatic heterocycles. The second-order valence-electron chi connectivity index (χ2n) is 8.25. The van der Waals surface area contributed by atoms with Crippen molar-refractivity contribution >= 4 is 17.7 Å². The molecule has 0 spiro atoms. The molecule has 4 nitrogen and oxygen atoms in total. The number of hydrogen-bond acceptors (Lipinski definition) is 3. The van der Waals surface area contributed by atoms with Gasteiger partial charge in [0.15, 0.2) is 0 Å². The summed E-state index contributed by atoms with van der Waals surface area (Å²) in [6.45, 7) is 7.31. The highest BCUT2D eigenvalue weighted by atomic mass is 35.5. The highest BCUT2D eigenvalue weighted by Gasteiger charge is 2.70. The van der Waals surface area contributed by atoms with Gasteiger partial charge in [0.1, 0.15) is 11.4 Å². The van der Waals surface area contributed by atoms with Crippen LogP contribution in [-0.4, -0.2) is 43.4 Å². The molecule has 25 heavy (non-hydrogen) atoms. The number of amides is 1. The fourth-order valence-corrected chi connectivity index (χ4v) is 4.38. The summed E-state index contributed by atoms with van der Waals surface area (Å²) in [5, 5.41) is 0.139. The first-order chi connectivity index (χ1) is 11.6. The normalized spacial score (nSPS) is 28.5. The fraction of sp³-hybridized carbons (Fsp3) is 0.632. The zero-order valence-corrected chi connectivity index (χ0v) is 16.0. The van der Waals surface area contributed by atoms with Crippen LogP contribution in [0, 0.1) is 11.2 Å². The van der Waals surface area contributed by atoms with Gasteiger partial charge in [0.2, 0.25) is 0 Å². The number of benzene rings is 1. The standard InChI is InChI=1S/C19H25ClFNO3/c1-17(2,3)25-16(23)22-8-7-19(10-18(19,11-22)12-24-4)13-5-6-15(21)14(20)9-13/h5-6,9H,7-8,10-12H2,1-4H3. The monoisotopic (exact) mass is 369 g/mol. The Morgan fingerprint density at radius 3 is 2.72 bits per heavy atom. The molecule has 1 aromatic rings. The number of rotatable bonds is 3. The van der Waals surface area contributed by atoms with Crippen LogP contribution in [0.25, 0.3) is 0 Å². The second kappa shape index (κ2) is 6.13. The van der Waals surface area contributed by atoms with Crippen LogP contribution < -0.4 is 0 Å². The number of hydrogen-bond donors (Lipinski definition) is 0. The van der Waals surface area contributed by atoms with E-state index in [2.05, 4.69) is 0 Å². The molecule has 138 valence electrons. The Morgan fingerprint density at radius 1 is 1.40 bits per heavy atom. The van der Waals surface area contributed by atoms with Gasteiger partial charge in [0, 0.05) is 31.0 Å². The van der Waals surface area contributed by atoms with E-state index in [1.807, 2.05) is 26.8 Å². The lowest BCUT2D eigenvalue weighted by Gasteiger charge is -2.38. The summed E-state index contributed by atoms with van der Waals surface area (Å²) in [5.74, 6) is -0.411. The van der Waals surface area contributed by atoms with Crippen molar-refractivity contribution in [3.63, 3.8) is 0 Å². The Balaban J connectivity index is 1.83. The molecule has 3 rings (SSSR count). The van der Waals surface area contributed by atoms with Crippen molar-refractivity contribution in [1.29, 1.82) is 0 Å². The van der Waals surface area contributed by atoms with E-state index < -0.39 is 11.4 Å². The quantitative estimate of drug-likeness (QED) is 0.792. The van der Waals surface area contributed by atoms with Crippen LogP contribution >= 0.6 is 11.6 Å². The Morgan fingerprint density at radius 2 is 2.12 bits per heavy atom. The predicted octanol–water partition coefficient (Wildman–Crippen LogP) is 4.39. The maximum absolute atomic E-state index is 13.5. The van der Waals surface area contributed by atoms with Crippen LogP contribution in [0.2, 0.25) is 5.02 Å². The van der Waals surface area contributed by atoms with Crippen LogP contribution in [0.15, 0.2) is 18.2 Å². The van der Waals surface area contributed by atoms with Crippen LogP contribution in [0.3, 0.4) is 0 Å². The number of carbonyl (C=O) groups is 1. The van der Waals surface area contributed by atoms with Gasteiger partial charge in [-0.2, -0.15) is 0 Å². The number of nitrogens with zero attached hydrogens (tertiary/aromatic N) is 1. The summed E-state index contributed by atoms with van der Waals surface area (Å²) in [6.07, 6.45) is 1.40. The summed E-state index contributed by atoms with van der Waals surface area (Å²) in [5.41, 5.74) is 0.227. The first kappa shape index (κ1) is 18.5. The average Bonchev–Trinajstić information content (AvgIpc) is 3.17. The van der Waals surface area contributed by atoms with Gasteiger partial charge in [0.25, 0.3) is 0 Å². The van der Waals surface area contributed by atoms with Crippen LogP contribution in [0.4, 0.5) is 9.18 Å². The number of piperidine rings is 1. The molecule has 0 bridgehead atoms. The molecule has 1 aliphatic heterocycles. The second-order valence-corrected chi connectivity index (χ2v) is 8.66. The molecule has 1 aromatic carbocycles. The smallest absolute Gasteiger partial charge is 0.410 e. The third kappa shape index (κ3) is 3.24. The number of fused-ring (bicyclic) bond motifs is 1. The molecular weight excluding hydrogens is 345 g/mol. The van der Waals surface area contributed by atoms with Gasteiger partial charge in [-0.05, 0) is 51.3 Å². The van der Waals surface area contributed by atoms with Gasteiger partial charge in [0.05, 0.1) is 11.6 Å². The number of methoxy groups -OCH3 is 1. The minimum Gasteiger partial charge on any atom is -0.444 e. The number of halogens is 2. The molecule has 1 aliphatic carbocycles. The van der Waals surface area contributed by atoms with E-state index in [1.54, 1.807) is 18.1 Å². The molecule has 0 radical (unpaired) electrons. The zero-order valence-electron chi connectivity index (χ0n) is 15.2. The van der Waals surface area contributed by atoms with Crippen LogP contribution in [0.5, 0.6) is 0 Å². The Kier molecular flexibility index (Phi) is 4.53. The van der Waals surface area contributed by atoms with Gasteiger partial charge in [-0.1, -0.05) is 17.7 Å². The molecule has 1 saturated heterocycles. The highest BCUT2D eigenvalue weighted by Crippen LogP contribution is 2.69. The summed E-state index contributed by atoms with van der Waals surface area (Å²) >= 11 is 6.00. The van der Waals surface area contributed by atoms with E-state index in [9.17, 15) is 9.18 Å². The van der Waals surface area contributed by atoms with Gasteiger partial charge < -0.3 is 14.4 Å². The van der Waals surface area contributed by atoms with Crippen molar-refractivity contribution in [2.24, 2.45) is 5.41 Å². The van der Waals surface area contributed by atoms with E-state index in [-0.39, 0.29) is 21.9 Å². The number of carbonyl (C=O) groups excluding carboxylic acids is 1. The Labute approximate surface area is 153 Å². The minimum absolute atomic E-state index is 0.112. The lowest BCUT2D eigenvalue weighted by atomic mass is 9.80. The number of ether oxygens (including phenoxy) is 2. The Bertz CT molecular complexity index is 690. The largest absolute Gasteiger partial charge is 0.444 e. The lowest BCUT2D eigenvalue weighted by molar-refractivity contribution is 0.00562. The van der Waals surface area contributed by atoms with Gasteiger partial charge in [-0.15, -0.1) is 0 Å². The van der Waals surface area contributed by atoms with Crippen LogP contribution in [0.1, 0.15) is 39.2 Å². The topological polar surface area (TPSA) is 38.8 Å². The molecule has 0 N–H and O–H groups in total. The first-order valence-corrected chi connectivity index (χ1v) is 8.93. The van der Waals surface area contributed by atoms with Crippen molar-refractivity contribution in [3.05, 3.63) is 34.6 Å². The van der Waals surface area contributed by atoms with Gasteiger partial charge >= 0.3 is 6.09 Å². The average molecular weight is 370 g/mol. The van der Waals surface area contributed by atoms with E-state index in [0.717, 1.165) is 18.4 Å². The van der Waals surface area contributed by atoms with Crippen molar-refractivity contribution in [1.82, 2.24) is 4.90 Å². The minimum atomic E-state index is -0.520. The highest BCUT2D eigenvalue weighted by molar-refractivity contribution is 6.30. The van der Waals surface area contributed by atoms with E-state index in [4.69, 9.17) is 21.1 Å². The first-order valence-electron chi connectivity index (χ1n) is 8.55. The van der Waals surface area contributed by atoms with Crippen LogP contribution in [-0.2, 0) is 14.9 Å². The molecule has 2 unspecified atom stereocenters. The molecule has 2 aliphatic rings. The van der Waals surface area contributed by atoms with Crippen molar-refractivity contribution < 1.29 is 18.7 Å². The summed E-state index contributed by atoms with van der Waals surface area (Å²) < 4.78 is 24.5. The lowest BCUT2D eigenvalue weighted by Crippen LogP contribution is -2.48. The molecule has 1 amide bonds. The van der Waals surface area contributed by atoms with E-state index in [0.29, 0.717) is 19.7 Å². The molecular formula is C19H25ClFNO3. The third-order valence-electron chi connectivity index (χ3n) is 5.38. The Hall–Kier alpha value is -1.33. The van der Waals surface area contributed by atoms with Gasteiger partial charge in [-0.3, -0.25) is 0 Å². The van der Waals surface area contributed by atoms with Gasteiger partial charge in [-0.25, -0.2) is 9.18 Å².